The first-order chi connectivity index (χ1) is 11.8. The number of aromatic nitrogens is 2. The Kier molecular flexibility index (Phi) is 5.89. The van der Waals surface area contributed by atoms with Crippen LogP contribution in [0.15, 0.2) is 45.5 Å². The van der Waals surface area contributed by atoms with Crippen molar-refractivity contribution < 1.29 is 4.74 Å². The summed E-state index contributed by atoms with van der Waals surface area (Å²) in [5.74, 6) is 0.770. The molecule has 3 aromatic heterocycles. The van der Waals surface area contributed by atoms with Gasteiger partial charge in [0.2, 0.25) is 0 Å². The van der Waals surface area contributed by atoms with Crippen molar-refractivity contribution in [2.45, 2.75) is 18.6 Å². The first kappa shape index (κ1) is 17.4. The van der Waals surface area contributed by atoms with Gasteiger partial charge in [-0.1, -0.05) is 23.9 Å². The molecule has 0 saturated carbocycles. The van der Waals surface area contributed by atoms with Crippen LogP contribution in [0.2, 0.25) is 0 Å². The first-order valence-corrected chi connectivity index (χ1v) is 10.4. The van der Waals surface area contributed by atoms with Crippen molar-refractivity contribution in [1.82, 2.24) is 9.55 Å². The molecule has 3 aromatic rings. The molecule has 0 radical (unpaired) electrons. The van der Waals surface area contributed by atoms with Gasteiger partial charge in [-0.25, -0.2) is 4.98 Å². The fraction of sp³-hybridized carbons (Fsp3) is 0.294. The predicted octanol–water partition coefficient (Wildman–Crippen LogP) is 4.50. The van der Waals surface area contributed by atoms with Gasteiger partial charge in [0, 0.05) is 34.7 Å². The molecular formula is C17H18N2O2S3. The molecule has 0 aliphatic carbocycles. The summed E-state index contributed by atoms with van der Waals surface area (Å²) in [5, 5.41) is 5.48. The molecule has 0 aromatic carbocycles. The number of thioether (sulfide) groups is 1. The van der Waals surface area contributed by atoms with E-state index < -0.39 is 0 Å². The summed E-state index contributed by atoms with van der Waals surface area (Å²) in [4.78, 5) is 19.7. The van der Waals surface area contributed by atoms with Crippen LogP contribution in [0, 0.1) is 0 Å². The van der Waals surface area contributed by atoms with Crippen LogP contribution in [0.5, 0.6) is 0 Å². The number of nitrogens with zero attached hydrogens (tertiary/aromatic N) is 2. The Hall–Kier alpha value is -1.41. The summed E-state index contributed by atoms with van der Waals surface area (Å²) in [5.41, 5.74) is 0.981. The minimum Gasteiger partial charge on any atom is -0.381 e. The lowest BCUT2D eigenvalue weighted by molar-refractivity contribution is 0.164. The Morgan fingerprint density at radius 1 is 1.46 bits per heavy atom. The molecule has 0 atom stereocenters. The van der Waals surface area contributed by atoms with Crippen molar-refractivity contribution in [3.63, 3.8) is 0 Å². The zero-order valence-electron chi connectivity index (χ0n) is 13.4. The SMILES string of the molecule is C=CCn1c(SCCOCC)nc2scc(-c3cccs3)c2c1=O. The van der Waals surface area contributed by atoms with E-state index in [0.717, 1.165) is 26.2 Å². The van der Waals surface area contributed by atoms with E-state index in [9.17, 15) is 4.79 Å². The van der Waals surface area contributed by atoms with Gasteiger partial charge in [0.15, 0.2) is 5.16 Å². The van der Waals surface area contributed by atoms with Crippen LogP contribution in [0.25, 0.3) is 20.7 Å². The lowest BCUT2D eigenvalue weighted by Crippen LogP contribution is -2.22. The summed E-state index contributed by atoms with van der Waals surface area (Å²) < 4.78 is 7.08. The second-order valence-corrected chi connectivity index (χ2v) is 7.82. The van der Waals surface area contributed by atoms with E-state index >= 15 is 0 Å². The molecule has 0 bridgehead atoms. The van der Waals surface area contributed by atoms with Crippen LogP contribution < -0.4 is 5.56 Å². The Balaban J connectivity index is 2.05. The average molecular weight is 379 g/mol. The van der Waals surface area contributed by atoms with E-state index in [0.29, 0.717) is 25.1 Å². The normalized spacial score (nSPS) is 11.2. The highest BCUT2D eigenvalue weighted by Crippen LogP contribution is 2.34. The molecule has 4 nitrogen and oxygen atoms in total. The largest absolute Gasteiger partial charge is 0.381 e. The molecule has 126 valence electrons. The van der Waals surface area contributed by atoms with Crippen molar-refractivity contribution in [2.75, 3.05) is 19.0 Å². The molecule has 24 heavy (non-hydrogen) atoms. The van der Waals surface area contributed by atoms with E-state index in [-0.39, 0.29) is 5.56 Å². The minimum atomic E-state index is 0.00320. The van der Waals surface area contributed by atoms with Gasteiger partial charge >= 0.3 is 0 Å². The number of hydrogen-bond acceptors (Lipinski definition) is 6. The number of ether oxygens (including phenoxy) is 1. The number of rotatable bonds is 8. The third-order valence-electron chi connectivity index (χ3n) is 3.42. The van der Waals surface area contributed by atoms with Gasteiger partial charge < -0.3 is 4.74 Å². The fourth-order valence-corrected chi connectivity index (χ4v) is 5.02. The van der Waals surface area contributed by atoms with Crippen molar-refractivity contribution >= 4 is 44.7 Å². The van der Waals surface area contributed by atoms with E-state index in [4.69, 9.17) is 9.72 Å². The third-order valence-corrected chi connectivity index (χ3v) is 6.14. The zero-order valence-corrected chi connectivity index (χ0v) is 15.8. The second-order valence-electron chi connectivity index (χ2n) is 4.95. The van der Waals surface area contributed by atoms with Crippen LogP contribution in [-0.2, 0) is 11.3 Å². The highest BCUT2D eigenvalue weighted by molar-refractivity contribution is 7.99. The maximum Gasteiger partial charge on any atom is 0.263 e. The molecule has 3 heterocycles. The Labute approximate surface area is 152 Å². The smallest absolute Gasteiger partial charge is 0.263 e. The van der Waals surface area contributed by atoms with Gasteiger partial charge in [0.1, 0.15) is 4.83 Å². The highest BCUT2D eigenvalue weighted by atomic mass is 32.2. The van der Waals surface area contributed by atoms with E-state index in [2.05, 4.69) is 6.58 Å². The van der Waals surface area contributed by atoms with Gasteiger partial charge in [-0.3, -0.25) is 9.36 Å². The van der Waals surface area contributed by atoms with Crippen LogP contribution in [0.1, 0.15) is 6.92 Å². The second kappa shape index (κ2) is 8.11. The molecule has 0 aliphatic heterocycles. The first-order valence-electron chi connectivity index (χ1n) is 7.63. The maximum atomic E-state index is 13.0. The predicted molar refractivity (Wildman–Crippen MR) is 105 cm³/mol. The third kappa shape index (κ3) is 3.49. The molecular weight excluding hydrogens is 360 g/mol. The molecule has 0 unspecified atom stereocenters. The Morgan fingerprint density at radius 2 is 2.33 bits per heavy atom. The van der Waals surface area contributed by atoms with Gasteiger partial charge in [0.05, 0.1) is 12.0 Å². The van der Waals surface area contributed by atoms with Crippen LogP contribution in [0.3, 0.4) is 0 Å². The summed E-state index contributed by atoms with van der Waals surface area (Å²) in [7, 11) is 0. The average Bonchev–Trinajstić information content (AvgIpc) is 3.23. The molecule has 3 rings (SSSR count). The highest BCUT2D eigenvalue weighted by Gasteiger charge is 2.17. The maximum absolute atomic E-state index is 13.0. The monoisotopic (exact) mass is 378 g/mol. The minimum absolute atomic E-state index is 0.00320. The number of fused-ring (bicyclic) bond motifs is 1. The quantitative estimate of drug-likeness (QED) is 0.250. The molecule has 0 N–H and O–H groups in total. The Morgan fingerprint density at radius 3 is 3.04 bits per heavy atom. The van der Waals surface area contributed by atoms with E-state index in [1.54, 1.807) is 33.7 Å². The van der Waals surface area contributed by atoms with E-state index in [1.807, 2.05) is 29.8 Å². The molecule has 0 amide bonds. The molecule has 7 heteroatoms. The standard InChI is InChI=1S/C17H18N2O2S3/c1-3-7-19-16(20)14-12(13-6-5-9-22-13)11-24-15(14)18-17(19)23-10-8-21-4-2/h3,5-6,9,11H,1,4,7-8,10H2,2H3. The molecule has 0 spiro atoms. The van der Waals surface area contributed by atoms with Gasteiger partial charge in [-0.15, -0.1) is 29.3 Å². The van der Waals surface area contributed by atoms with Crippen molar-refractivity contribution in [2.24, 2.45) is 0 Å². The van der Waals surface area contributed by atoms with Crippen LogP contribution in [-0.4, -0.2) is 28.5 Å². The van der Waals surface area contributed by atoms with E-state index in [1.165, 1.54) is 11.3 Å². The number of thiophene rings is 2. The summed E-state index contributed by atoms with van der Waals surface area (Å²) in [6.45, 7) is 7.54. The van der Waals surface area contributed by atoms with Crippen LogP contribution >= 0.6 is 34.4 Å². The number of hydrogen-bond donors (Lipinski definition) is 0. The van der Waals surface area contributed by atoms with Crippen molar-refractivity contribution in [1.29, 1.82) is 0 Å². The van der Waals surface area contributed by atoms with Crippen molar-refractivity contribution in [3.8, 4) is 10.4 Å². The van der Waals surface area contributed by atoms with Crippen molar-refractivity contribution in [3.05, 3.63) is 45.9 Å². The summed E-state index contributed by atoms with van der Waals surface area (Å²) >= 11 is 4.71. The van der Waals surface area contributed by atoms with Gasteiger partial charge in [-0.2, -0.15) is 0 Å². The lowest BCUT2D eigenvalue weighted by atomic mass is 10.2. The van der Waals surface area contributed by atoms with Gasteiger partial charge in [-0.05, 0) is 18.4 Å². The molecule has 0 saturated heterocycles. The summed E-state index contributed by atoms with van der Waals surface area (Å²) in [6, 6.07) is 4.03. The van der Waals surface area contributed by atoms with Crippen LogP contribution in [0.4, 0.5) is 0 Å². The lowest BCUT2D eigenvalue weighted by Gasteiger charge is -2.10. The molecule has 0 aliphatic rings. The summed E-state index contributed by atoms with van der Waals surface area (Å²) in [6.07, 6.45) is 1.73. The molecule has 0 fully saturated rings. The topological polar surface area (TPSA) is 44.1 Å². The zero-order chi connectivity index (χ0) is 16.9. The fourth-order valence-electron chi connectivity index (χ4n) is 2.36. The Bertz CT molecular complexity index is 881. The van der Waals surface area contributed by atoms with Gasteiger partial charge in [0.25, 0.3) is 5.56 Å². The number of allylic oxidation sites excluding steroid dienone is 1.